The largest absolute Gasteiger partial charge is 0.390 e. The minimum Gasteiger partial charge on any atom is -0.390 e. The summed E-state index contributed by atoms with van der Waals surface area (Å²) in [5.74, 6) is 0. The van der Waals surface area contributed by atoms with Gasteiger partial charge in [-0.1, -0.05) is 6.08 Å². The van der Waals surface area contributed by atoms with E-state index in [-0.39, 0.29) is 6.61 Å². The van der Waals surface area contributed by atoms with Gasteiger partial charge in [0, 0.05) is 24.0 Å². The molecule has 0 saturated carbocycles. The number of aromatic nitrogens is 1. The van der Waals surface area contributed by atoms with E-state index in [1.807, 2.05) is 16.8 Å². The summed E-state index contributed by atoms with van der Waals surface area (Å²) in [6.45, 7) is 0.141. The van der Waals surface area contributed by atoms with Gasteiger partial charge in [0.2, 0.25) is 0 Å². The Hall–Kier alpha value is -1.02. The molecule has 0 amide bonds. The van der Waals surface area contributed by atoms with Crippen molar-refractivity contribution >= 4 is 5.70 Å². The Morgan fingerprint density at radius 2 is 2.50 bits per heavy atom. The summed E-state index contributed by atoms with van der Waals surface area (Å²) in [6, 6.07) is 4.07. The zero-order valence-corrected chi connectivity index (χ0v) is 5.62. The maximum Gasteiger partial charge on any atom is 0.0833 e. The van der Waals surface area contributed by atoms with Crippen LogP contribution in [0.15, 0.2) is 24.4 Å². The molecule has 0 spiro atoms. The van der Waals surface area contributed by atoms with Crippen molar-refractivity contribution in [2.75, 3.05) is 6.61 Å². The van der Waals surface area contributed by atoms with Crippen LogP contribution in [0.25, 0.3) is 5.70 Å². The standard InChI is InChI=1S/C8H9NO/c10-6-8-4-3-7-2-1-5-9(7)8/h1-2,4-5,10H,3,6H2. The second-order valence-electron chi connectivity index (χ2n) is 2.43. The lowest BCUT2D eigenvalue weighted by atomic mass is 10.3. The van der Waals surface area contributed by atoms with E-state index in [0.717, 1.165) is 12.1 Å². The Labute approximate surface area is 59.4 Å². The quantitative estimate of drug-likeness (QED) is 0.607. The van der Waals surface area contributed by atoms with Gasteiger partial charge in [-0.2, -0.15) is 0 Å². The number of rotatable bonds is 1. The van der Waals surface area contributed by atoms with Gasteiger partial charge in [0.15, 0.2) is 0 Å². The molecule has 0 aliphatic carbocycles. The van der Waals surface area contributed by atoms with E-state index in [1.54, 1.807) is 0 Å². The first-order valence-electron chi connectivity index (χ1n) is 3.38. The van der Waals surface area contributed by atoms with Crippen molar-refractivity contribution in [1.29, 1.82) is 0 Å². The molecule has 1 aromatic heterocycles. The fourth-order valence-corrected chi connectivity index (χ4v) is 1.32. The molecule has 10 heavy (non-hydrogen) atoms. The second-order valence-corrected chi connectivity index (χ2v) is 2.43. The van der Waals surface area contributed by atoms with Gasteiger partial charge in [0.05, 0.1) is 6.61 Å². The molecule has 2 nitrogen and oxygen atoms in total. The maximum atomic E-state index is 8.84. The zero-order chi connectivity index (χ0) is 6.97. The van der Waals surface area contributed by atoms with Crippen molar-refractivity contribution < 1.29 is 5.11 Å². The highest BCUT2D eigenvalue weighted by atomic mass is 16.3. The number of hydrogen-bond acceptors (Lipinski definition) is 1. The van der Waals surface area contributed by atoms with Crippen molar-refractivity contribution in [2.45, 2.75) is 6.42 Å². The van der Waals surface area contributed by atoms with Crippen LogP contribution in [0.2, 0.25) is 0 Å². The number of fused-ring (bicyclic) bond motifs is 1. The SMILES string of the molecule is OCC1=CCc2cccn21. The summed E-state index contributed by atoms with van der Waals surface area (Å²) < 4.78 is 2.03. The molecule has 2 heterocycles. The molecule has 1 aliphatic heterocycles. The van der Waals surface area contributed by atoms with Crippen molar-refractivity contribution in [2.24, 2.45) is 0 Å². The summed E-state index contributed by atoms with van der Waals surface area (Å²) in [4.78, 5) is 0. The topological polar surface area (TPSA) is 25.2 Å². The highest BCUT2D eigenvalue weighted by molar-refractivity contribution is 5.53. The lowest BCUT2D eigenvalue weighted by molar-refractivity contribution is 0.344. The van der Waals surface area contributed by atoms with E-state index in [2.05, 4.69) is 12.1 Å². The molecule has 1 aliphatic rings. The normalized spacial score (nSPS) is 15.1. The molecule has 0 aromatic carbocycles. The van der Waals surface area contributed by atoms with E-state index >= 15 is 0 Å². The Morgan fingerprint density at radius 1 is 1.60 bits per heavy atom. The van der Waals surface area contributed by atoms with Gasteiger partial charge in [-0.15, -0.1) is 0 Å². The van der Waals surface area contributed by atoms with Crippen LogP contribution < -0.4 is 0 Å². The summed E-state index contributed by atoms with van der Waals surface area (Å²) in [7, 11) is 0. The fourth-order valence-electron chi connectivity index (χ4n) is 1.32. The van der Waals surface area contributed by atoms with Gasteiger partial charge in [0.1, 0.15) is 0 Å². The summed E-state index contributed by atoms with van der Waals surface area (Å²) in [5.41, 5.74) is 2.27. The highest BCUT2D eigenvalue weighted by Gasteiger charge is 2.09. The third kappa shape index (κ3) is 0.625. The Balaban J connectivity index is 2.46. The minimum atomic E-state index is 0.141. The fraction of sp³-hybridized carbons (Fsp3) is 0.250. The second kappa shape index (κ2) is 1.99. The van der Waals surface area contributed by atoms with Gasteiger partial charge in [-0.05, 0) is 12.1 Å². The Bertz CT molecular complexity index is 273. The number of aliphatic hydroxyl groups is 1. The van der Waals surface area contributed by atoms with Gasteiger partial charge in [-0.3, -0.25) is 0 Å². The predicted molar refractivity (Wildman–Crippen MR) is 39.5 cm³/mol. The molecule has 0 unspecified atom stereocenters. The van der Waals surface area contributed by atoms with E-state index in [1.165, 1.54) is 5.69 Å². The van der Waals surface area contributed by atoms with Crippen LogP contribution >= 0.6 is 0 Å². The molecule has 1 aromatic rings. The third-order valence-corrected chi connectivity index (χ3v) is 1.85. The summed E-state index contributed by atoms with van der Waals surface area (Å²) >= 11 is 0. The van der Waals surface area contributed by atoms with Gasteiger partial charge in [0.25, 0.3) is 0 Å². The highest BCUT2D eigenvalue weighted by Crippen LogP contribution is 2.18. The molecular formula is C8H9NO. The van der Waals surface area contributed by atoms with Crippen LogP contribution in [0.4, 0.5) is 0 Å². The first-order valence-corrected chi connectivity index (χ1v) is 3.38. The molecule has 2 rings (SSSR count). The van der Waals surface area contributed by atoms with Crippen LogP contribution in [-0.2, 0) is 6.42 Å². The molecule has 2 heteroatoms. The smallest absolute Gasteiger partial charge is 0.0833 e. The molecule has 1 N–H and O–H groups in total. The average molecular weight is 135 g/mol. The van der Waals surface area contributed by atoms with Crippen LogP contribution in [-0.4, -0.2) is 16.3 Å². The number of aliphatic hydroxyl groups excluding tert-OH is 1. The first-order chi connectivity index (χ1) is 4.92. The molecule has 0 atom stereocenters. The van der Waals surface area contributed by atoms with Crippen molar-refractivity contribution in [3.05, 3.63) is 30.1 Å². The average Bonchev–Trinajstić information content (AvgIpc) is 2.44. The number of hydrogen-bond donors (Lipinski definition) is 1. The molecule has 0 saturated heterocycles. The Kier molecular flexibility index (Phi) is 1.14. The molecule has 52 valence electrons. The monoisotopic (exact) mass is 135 g/mol. The van der Waals surface area contributed by atoms with Crippen LogP contribution in [0.1, 0.15) is 5.69 Å². The van der Waals surface area contributed by atoms with E-state index in [0.29, 0.717) is 0 Å². The number of nitrogens with zero attached hydrogens (tertiary/aromatic N) is 1. The Morgan fingerprint density at radius 3 is 3.30 bits per heavy atom. The van der Waals surface area contributed by atoms with E-state index in [9.17, 15) is 0 Å². The van der Waals surface area contributed by atoms with Crippen LogP contribution in [0, 0.1) is 0 Å². The molecule has 0 bridgehead atoms. The molecule has 0 radical (unpaired) electrons. The van der Waals surface area contributed by atoms with Gasteiger partial charge >= 0.3 is 0 Å². The summed E-state index contributed by atoms with van der Waals surface area (Å²) in [5, 5.41) is 8.84. The minimum absolute atomic E-state index is 0.141. The van der Waals surface area contributed by atoms with Crippen LogP contribution in [0.3, 0.4) is 0 Å². The third-order valence-electron chi connectivity index (χ3n) is 1.85. The van der Waals surface area contributed by atoms with E-state index in [4.69, 9.17) is 5.11 Å². The molecule has 0 fully saturated rings. The van der Waals surface area contributed by atoms with Gasteiger partial charge in [-0.25, -0.2) is 0 Å². The van der Waals surface area contributed by atoms with Crippen molar-refractivity contribution in [3.8, 4) is 0 Å². The summed E-state index contributed by atoms with van der Waals surface area (Å²) in [6.07, 6.45) is 4.99. The lowest BCUT2D eigenvalue weighted by Crippen LogP contribution is -1.96. The van der Waals surface area contributed by atoms with Crippen LogP contribution in [0.5, 0.6) is 0 Å². The first kappa shape index (κ1) is 5.74. The van der Waals surface area contributed by atoms with Crippen molar-refractivity contribution in [3.63, 3.8) is 0 Å². The molecular weight excluding hydrogens is 126 g/mol. The van der Waals surface area contributed by atoms with Gasteiger partial charge < -0.3 is 9.67 Å². The zero-order valence-electron chi connectivity index (χ0n) is 5.62. The lowest BCUT2D eigenvalue weighted by Gasteiger charge is -2.00. The van der Waals surface area contributed by atoms with E-state index < -0.39 is 0 Å². The maximum absolute atomic E-state index is 8.84. The predicted octanol–water partition coefficient (Wildman–Crippen LogP) is 0.877. The van der Waals surface area contributed by atoms with Crippen molar-refractivity contribution in [1.82, 2.24) is 4.57 Å². The number of allylic oxidation sites excluding steroid dienone is 1.